The van der Waals surface area contributed by atoms with Gasteiger partial charge >= 0.3 is 0 Å². The van der Waals surface area contributed by atoms with Crippen molar-refractivity contribution in [3.8, 4) is 0 Å². The van der Waals surface area contributed by atoms with Gasteiger partial charge in [0, 0.05) is 18.5 Å². The maximum absolute atomic E-state index is 11.9. The highest BCUT2D eigenvalue weighted by molar-refractivity contribution is 7.09. The fourth-order valence-corrected chi connectivity index (χ4v) is 2.35. The van der Waals surface area contributed by atoms with Crippen molar-refractivity contribution in [2.45, 2.75) is 25.9 Å². The summed E-state index contributed by atoms with van der Waals surface area (Å²) in [6.07, 6.45) is 1.29. The summed E-state index contributed by atoms with van der Waals surface area (Å²) in [7, 11) is 0. The van der Waals surface area contributed by atoms with Gasteiger partial charge in [-0.2, -0.15) is 0 Å². The maximum Gasteiger partial charge on any atom is 0.273 e. The van der Waals surface area contributed by atoms with Crippen molar-refractivity contribution in [3.05, 3.63) is 16.1 Å². The summed E-state index contributed by atoms with van der Waals surface area (Å²) in [6, 6.07) is 0. The number of rotatable bonds is 1. The smallest absolute Gasteiger partial charge is 0.273 e. The third-order valence-corrected chi connectivity index (χ3v) is 3.30. The monoisotopic (exact) mass is 226 g/mol. The number of aliphatic hydroxyl groups is 1. The van der Waals surface area contributed by atoms with Gasteiger partial charge < -0.3 is 10.0 Å². The molecule has 1 aliphatic heterocycles. The largest absolute Gasteiger partial charge is 0.391 e. The van der Waals surface area contributed by atoms with E-state index in [-0.39, 0.29) is 12.0 Å². The normalized spacial score (nSPS) is 21.7. The Morgan fingerprint density at radius 2 is 2.53 bits per heavy atom. The lowest BCUT2D eigenvalue weighted by Gasteiger charge is -2.29. The van der Waals surface area contributed by atoms with Gasteiger partial charge in [-0.15, -0.1) is 11.3 Å². The van der Waals surface area contributed by atoms with E-state index in [1.54, 1.807) is 10.3 Å². The van der Waals surface area contributed by atoms with E-state index in [9.17, 15) is 9.90 Å². The summed E-state index contributed by atoms with van der Waals surface area (Å²) >= 11 is 1.48. The van der Waals surface area contributed by atoms with Crippen LogP contribution in [0.1, 0.15) is 28.3 Å². The van der Waals surface area contributed by atoms with Crippen LogP contribution in [0.15, 0.2) is 5.38 Å². The number of aliphatic hydroxyl groups excluding tert-OH is 1. The van der Waals surface area contributed by atoms with Crippen LogP contribution < -0.4 is 0 Å². The molecular weight excluding hydrogens is 212 g/mol. The SMILES string of the molecule is Cc1nc(C(=O)N2CCC[C@H](O)C2)cs1. The van der Waals surface area contributed by atoms with E-state index in [4.69, 9.17) is 0 Å². The predicted octanol–water partition coefficient (Wildman–Crippen LogP) is 1.05. The lowest BCUT2D eigenvalue weighted by atomic mass is 10.1. The Bertz CT molecular complexity index is 364. The molecule has 2 heterocycles. The molecule has 1 N–H and O–H groups in total. The standard InChI is InChI=1S/C10H14N2O2S/c1-7-11-9(6-15-7)10(14)12-4-2-3-8(13)5-12/h6,8,13H,2-5H2,1H3/t8-/m0/s1. The molecule has 0 aromatic carbocycles. The number of aromatic nitrogens is 1. The van der Waals surface area contributed by atoms with Crippen molar-refractivity contribution >= 4 is 17.2 Å². The highest BCUT2D eigenvalue weighted by atomic mass is 32.1. The van der Waals surface area contributed by atoms with Gasteiger partial charge in [0.15, 0.2) is 0 Å². The zero-order valence-electron chi connectivity index (χ0n) is 8.64. The van der Waals surface area contributed by atoms with Gasteiger partial charge in [0.2, 0.25) is 0 Å². The number of nitrogens with zero attached hydrogens (tertiary/aromatic N) is 2. The molecule has 82 valence electrons. The van der Waals surface area contributed by atoms with Gasteiger partial charge in [0.1, 0.15) is 5.69 Å². The first kappa shape index (κ1) is 10.6. The van der Waals surface area contributed by atoms with Gasteiger partial charge in [0.25, 0.3) is 5.91 Å². The first-order chi connectivity index (χ1) is 7.16. The van der Waals surface area contributed by atoms with E-state index in [0.717, 1.165) is 24.4 Å². The number of carbonyl (C=O) groups excluding carboxylic acids is 1. The second-order valence-corrected chi connectivity index (χ2v) is 4.86. The Hall–Kier alpha value is -0.940. The molecule has 4 nitrogen and oxygen atoms in total. The minimum absolute atomic E-state index is 0.0573. The number of piperidine rings is 1. The number of hydrogen-bond acceptors (Lipinski definition) is 4. The molecule has 0 aliphatic carbocycles. The lowest BCUT2D eigenvalue weighted by molar-refractivity contribution is 0.0469. The van der Waals surface area contributed by atoms with Crippen LogP contribution in [0.3, 0.4) is 0 Å². The van der Waals surface area contributed by atoms with Gasteiger partial charge in [-0.3, -0.25) is 4.79 Å². The predicted molar refractivity (Wildman–Crippen MR) is 58.0 cm³/mol. The van der Waals surface area contributed by atoms with Crippen molar-refractivity contribution in [3.63, 3.8) is 0 Å². The lowest BCUT2D eigenvalue weighted by Crippen LogP contribution is -2.42. The molecule has 1 aliphatic rings. The second kappa shape index (κ2) is 4.28. The van der Waals surface area contributed by atoms with E-state index >= 15 is 0 Å². The van der Waals surface area contributed by atoms with E-state index in [1.807, 2.05) is 6.92 Å². The Morgan fingerprint density at radius 3 is 3.13 bits per heavy atom. The van der Waals surface area contributed by atoms with Crippen LogP contribution in [0.2, 0.25) is 0 Å². The number of carbonyl (C=O) groups is 1. The highest BCUT2D eigenvalue weighted by Crippen LogP contribution is 2.15. The van der Waals surface area contributed by atoms with Crippen LogP contribution in [0.25, 0.3) is 0 Å². The molecule has 1 aromatic heterocycles. The van der Waals surface area contributed by atoms with Crippen molar-refractivity contribution in [1.82, 2.24) is 9.88 Å². The first-order valence-corrected chi connectivity index (χ1v) is 5.94. The van der Waals surface area contributed by atoms with Crippen LogP contribution in [-0.2, 0) is 0 Å². The number of β-amino-alcohol motifs (C(OH)–C–C–N with tert-alkyl or cyclic N) is 1. The molecular formula is C10H14N2O2S. The van der Waals surface area contributed by atoms with E-state index in [2.05, 4.69) is 4.98 Å². The molecule has 0 saturated carbocycles. The third-order valence-electron chi connectivity index (χ3n) is 2.52. The summed E-state index contributed by atoms with van der Waals surface area (Å²) in [5.74, 6) is -0.0573. The third kappa shape index (κ3) is 2.35. The average Bonchev–Trinajstić information content (AvgIpc) is 2.64. The average molecular weight is 226 g/mol. The minimum Gasteiger partial charge on any atom is -0.391 e. The second-order valence-electron chi connectivity index (χ2n) is 3.80. The van der Waals surface area contributed by atoms with Crippen molar-refractivity contribution in [2.75, 3.05) is 13.1 Å². The molecule has 5 heteroatoms. The summed E-state index contributed by atoms with van der Waals surface area (Å²) in [6.45, 7) is 3.05. The number of amides is 1. The molecule has 0 bridgehead atoms. The molecule has 0 spiro atoms. The molecule has 15 heavy (non-hydrogen) atoms. The molecule has 1 fully saturated rings. The van der Waals surface area contributed by atoms with Crippen LogP contribution in [0.5, 0.6) is 0 Å². The Balaban J connectivity index is 2.07. The van der Waals surface area contributed by atoms with Gasteiger partial charge in [0.05, 0.1) is 11.1 Å². The summed E-state index contributed by atoms with van der Waals surface area (Å²) in [5.41, 5.74) is 0.506. The molecule has 1 atom stereocenters. The molecule has 0 unspecified atom stereocenters. The van der Waals surface area contributed by atoms with Gasteiger partial charge in [-0.25, -0.2) is 4.98 Å². The fourth-order valence-electron chi connectivity index (χ4n) is 1.76. The van der Waals surface area contributed by atoms with Crippen LogP contribution >= 0.6 is 11.3 Å². The first-order valence-electron chi connectivity index (χ1n) is 5.06. The van der Waals surface area contributed by atoms with Gasteiger partial charge in [-0.1, -0.05) is 0 Å². The number of likely N-dealkylation sites (tertiary alicyclic amines) is 1. The quantitative estimate of drug-likeness (QED) is 0.778. The number of hydrogen-bond donors (Lipinski definition) is 1. The van der Waals surface area contributed by atoms with E-state index in [0.29, 0.717) is 12.2 Å². The summed E-state index contributed by atoms with van der Waals surface area (Å²) in [4.78, 5) is 17.8. The number of thiazole rings is 1. The van der Waals surface area contributed by atoms with E-state index < -0.39 is 0 Å². The van der Waals surface area contributed by atoms with Crippen LogP contribution in [0.4, 0.5) is 0 Å². The zero-order chi connectivity index (χ0) is 10.8. The highest BCUT2D eigenvalue weighted by Gasteiger charge is 2.24. The molecule has 1 amide bonds. The van der Waals surface area contributed by atoms with Gasteiger partial charge in [-0.05, 0) is 19.8 Å². The van der Waals surface area contributed by atoms with Crippen molar-refractivity contribution < 1.29 is 9.90 Å². The summed E-state index contributed by atoms with van der Waals surface area (Å²) < 4.78 is 0. The van der Waals surface area contributed by atoms with Crippen molar-refractivity contribution in [2.24, 2.45) is 0 Å². The minimum atomic E-state index is -0.373. The fraction of sp³-hybridized carbons (Fsp3) is 0.600. The summed E-state index contributed by atoms with van der Waals surface area (Å²) in [5, 5.41) is 12.1. The Morgan fingerprint density at radius 1 is 1.73 bits per heavy atom. The molecule has 2 rings (SSSR count). The Kier molecular flexibility index (Phi) is 3.02. The van der Waals surface area contributed by atoms with Crippen molar-refractivity contribution in [1.29, 1.82) is 0 Å². The molecule has 0 radical (unpaired) electrons. The Labute approximate surface area is 92.6 Å². The van der Waals surface area contributed by atoms with Crippen LogP contribution in [0, 0.1) is 6.92 Å². The van der Waals surface area contributed by atoms with E-state index in [1.165, 1.54) is 11.3 Å². The molecule has 1 aromatic rings. The number of aryl methyl sites for hydroxylation is 1. The molecule has 1 saturated heterocycles. The van der Waals surface area contributed by atoms with Crippen LogP contribution in [-0.4, -0.2) is 40.1 Å². The topological polar surface area (TPSA) is 53.4 Å². The maximum atomic E-state index is 11.9. The zero-order valence-corrected chi connectivity index (χ0v) is 9.46.